The van der Waals surface area contributed by atoms with E-state index in [1.54, 1.807) is 0 Å². The number of hydrogen-bond acceptors (Lipinski definition) is 3. The monoisotopic (exact) mass is 543 g/mol. The second-order valence-corrected chi connectivity index (χ2v) is 12.2. The van der Waals surface area contributed by atoms with Crippen LogP contribution < -0.4 is 0 Å². The Morgan fingerprint density at radius 1 is 0.425 bits per heavy atom. The van der Waals surface area contributed by atoms with Crippen molar-refractivity contribution in [2.45, 2.75) is 0 Å². The number of nitrogens with zero attached hydrogens (tertiary/aromatic N) is 1. The number of benzene rings is 6. The molecule has 0 saturated heterocycles. The quantitative estimate of drug-likeness (QED) is 0.217. The fraction of sp³-hybridized carbons (Fsp3) is 0. The van der Waals surface area contributed by atoms with E-state index in [1.807, 2.05) is 40.9 Å². The Hall–Kier alpha value is -4.75. The molecule has 2 heterocycles. The van der Waals surface area contributed by atoms with E-state index in [0.717, 1.165) is 11.1 Å². The molecule has 0 aliphatic heterocycles. The molecule has 8 rings (SSSR count). The molecule has 0 aliphatic rings. The Kier molecular flexibility index (Phi) is 5.31. The second-order valence-electron chi connectivity index (χ2n) is 10.0. The van der Waals surface area contributed by atoms with E-state index in [9.17, 15) is 5.26 Å². The van der Waals surface area contributed by atoms with Crippen molar-refractivity contribution in [3.63, 3.8) is 0 Å². The Balaban J connectivity index is 1.38. The highest BCUT2D eigenvalue weighted by molar-refractivity contribution is 7.26. The van der Waals surface area contributed by atoms with Crippen molar-refractivity contribution in [1.82, 2.24) is 0 Å². The third-order valence-corrected chi connectivity index (χ3v) is 10.1. The van der Waals surface area contributed by atoms with Gasteiger partial charge < -0.3 is 0 Å². The van der Waals surface area contributed by atoms with Gasteiger partial charge in [0.25, 0.3) is 0 Å². The topological polar surface area (TPSA) is 23.8 Å². The van der Waals surface area contributed by atoms with Crippen LogP contribution in [0, 0.1) is 11.3 Å². The smallest absolute Gasteiger partial charge is 0.0991 e. The van der Waals surface area contributed by atoms with Crippen LogP contribution in [-0.2, 0) is 0 Å². The molecule has 0 unspecified atom stereocenters. The molecule has 0 fully saturated rings. The molecule has 0 N–H and O–H groups in total. The number of thiophene rings is 2. The Morgan fingerprint density at radius 3 is 1.93 bits per heavy atom. The van der Waals surface area contributed by atoms with Crippen molar-refractivity contribution in [2.75, 3.05) is 0 Å². The SMILES string of the molecule is N#Cc1cccc(-c2cc(-c3cccc4c3sc3ccccc34)ccc2-c2ccc3sc4ccccc4c3c2)c1. The summed E-state index contributed by atoms with van der Waals surface area (Å²) in [6.45, 7) is 0. The number of hydrogen-bond donors (Lipinski definition) is 0. The summed E-state index contributed by atoms with van der Waals surface area (Å²) in [7, 11) is 0. The molecule has 3 heteroatoms. The van der Waals surface area contributed by atoms with Crippen molar-refractivity contribution in [2.24, 2.45) is 0 Å². The van der Waals surface area contributed by atoms with Gasteiger partial charge in [0.15, 0.2) is 0 Å². The van der Waals surface area contributed by atoms with Gasteiger partial charge >= 0.3 is 0 Å². The zero-order valence-electron chi connectivity index (χ0n) is 21.4. The van der Waals surface area contributed by atoms with Gasteiger partial charge in [-0.1, -0.05) is 84.9 Å². The van der Waals surface area contributed by atoms with E-state index >= 15 is 0 Å². The first-order valence-corrected chi connectivity index (χ1v) is 14.9. The normalized spacial score (nSPS) is 11.5. The summed E-state index contributed by atoms with van der Waals surface area (Å²) in [4.78, 5) is 0. The Labute approximate surface area is 239 Å². The lowest BCUT2D eigenvalue weighted by Gasteiger charge is -2.14. The summed E-state index contributed by atoms with van der Waals surface area (Å²) >= 11 is 3.69. The highest BCUT2D eigenvalue weighted by atomic mass is 32.1. The zero-order chi connectivity index (χ0) is 26.6. The molecular formula is C37H21NS2. The maximum absolute atomic E-state index is 9.66. The van der Waals surface area contributed by atoms with E-state index in [-0.39, 0.29) is 0 Å². The lowest BCUT2D eigenvalue weighted by Crippen LogP contribution is -1.89. The van der Waals surface area contributed by atoms with Crippen molar-refractivity contribution < 1.29 is 0 Å². The second kappa shape index (κ2) is 9.17. The van der Waals surface area contributed by atoms with Crippen LogP contribution >= 0.6 is 22.7 Å². The molecule has 1 nitrogen and oxygen atoms in total. The summed E-state index contributed by atoms with van der Waals surface area (Å²) in [5, 5.41) is 14.8. The van der Waals surface area contributed by atoms with Gasteiger partial charge in [0.05, 0.1) is 11.6 Å². The average Bonchev–Trinajstić information content (AvgIpc) is 3.59. The fourth-order valence-corrected chi connectivity index (χ4v) is 8.15. The highest BCUT2D eigenvalue weighted by Gasteiger charge is 2.15. The molecule has 186 valence electrons. The van der Waals surface area contributed by atoms with Crippen molar-refractivity contribution in [3.05, 3.63) is 133 Å². The molecule has 0 atom stereocenters. The van der Waals surface area contributed by atoms with Crippen LogP contribution in [0.1, 0.15) is 5.56 Å². The predicted molar refractivity (Wildman–Crippen MR) is 173 cm³/mol. The summed E-state index contributed by atoms with van der Waals surface area (Å²) in [6.07, 6.45) is 0. The molecule has 8 aromatic rings. The fourth-order valence-electron chi connectivity index (χ4n) is 5.83. The van der Waals surface area contributed by atoms with E-state index < -0.39 is 0 Å². The molecule has 0 radical (unpaired) electrons. The minimum absolute atomic E-state index is 0.666. The molecule has 0 bridgehead atoms. The van der Waals surface area contributed by atoms with Gasteiger partial charge in [0.1, 0.15) is 0 Å². The van der Waals surface area contributed by atoms with Crippen LogP contribution in [0.5, 0.6) is 0 Å². The summed E-state index contributed by atoms with van der Waals surface area (Å²) in [5.41, 5.74) is 7.61. The van der Waals surface area contributed by atoms with Crippen LogP contribution in [0.3, 0.4) is 0 Å². The standard InChI is InChI=1S/C37H21NS2/c38-22-23-7-5-8-24(19-23)32-20-26(28-11-6-12-31-29-9-1-4-14-35(29)40-37(28)31)15-17-27(32)25-16-18-36-33(21-25)30-10-2-3-13-34(30)39-36/h1-21H. The van der Waals surface area contributed by atoms with E-state index in [1.165, 1.54) is 62.6 Å². The first-order valence-electron chi connectivity index (χ1n) is 13.2. The number of nitriles is 1. The minimum Gasteiger partial charge on any atom is -0.192 e. The van der Waals surface area contributed by atoms with Crippen molar-refractivity contribution >= 4 is 63.0 Å². The summed E-state index contributed by atoms with van der Waals surface area (Å²) < 4.78 is 5.22. The lowest BCUT2D eigenvalue weighted by molar-refractivity contribution is 1.48. The first-order chi connectivity index (χ1) is 19.8. The van der Waals surface area contributed by atoms with Gasteiger partial charge in [0, 0.05) is 40.3 Å². The molecule has 0 amide bonds. The molecule has 6 aromatic carbocycles. The molecule has 2 aromatic heterocycles. The van der Waals surface area contributed by atoms with Crippen LogP contribution in [-0.4, -0.2) is 0 Å². The Morgan fingerprint density at radius 2 is 1.07 bits per heavy atom. The summed E-state index contributed by atoms with van der Waals surface area (Å²) in [5.74, 6) is 0. The maximum atomic E-state index is 9.66. The molecule has 40 heavy (non-hydrogen) atoms. The predicted octanol–water partition coefficient (Wildman–Crippen LogP) is 11.3. The van der Waals surface area contributed by atoms with E-state index in [0.29, 0.717) is 5.56 Å². The first kappa shape index (κ1) is 23.2. The van der Waals surface area contributed by atoms with Crippen LogP contribution in [0.2, 0.25) is 0 Å². The average molecular weight is 544 g/mol. The van der Waals surface area contributed by atoms with Gasteiger partial charge in [-0.25, -0.2) is 0 Å². The third-order valence-electron chi connectivity index (χ3n) is 7.73. The number of rotatable bonds is 3. The number of fused-ring (bicyclic) bond motifs is 6. The third kappa shape index (κ3) is 3.66. The molecule has 0 aliphatic carbocycles. The van der Waals surface area contributed by atoms with Gasteiger partial charge in [0.2, 0.25) is 0 Å². The molecule has 0 spiro atoms. The van der Waals surface area contributed by atoms with Gasteiger partial charge in [-0.15, -0.1) is 22.7 Å². The van der Waals surface area contributed by atoms with Crippen LogP contribution in [0.25, 0.3) is 73.7 Å². The Bertz CT molecular complexity index is 2290. The van der Waals surface area contributed by atoms with Crippen LogP contribution in [0.15, 0.2) is 127 Å². The molecule has 0 saturated carbocycles. The van der Waals surface area contributed by atoms with Gasteiger partial charge in [-0.2, -0.15) is 5.26 Å². The van der Waals surface area contributed by atoms with Gasteiger partial charge in [-0.05, 0) is 75.8 Å². The lowest BCUT2D eigenvalue weighted by atomic mass is 9.90. The molecular weight excluding hydrogens is 523 g/mol. The van der Waals surface area contributed by atoms with Crippen LogP contribution in [0.4, 0.5) is 0 Å². The van der Waals surface area contributed by atoms with Crippen molar-refractivity contribution in [1.29, 1.82) is 5.26 Å². The largest absolute Gasteiger partial charge is 0.192 e. The minimum atomic E-state index is 0.666. The van der Waals surface area contributed by atoms with E-state index in [2.05, 4.69) is 115 Å². The van der Waals surface area contributed by atoms with E-state index in [4.69, 9.17) is 0 Å². The summed E-state index contributed by atoms with van der Waals surface area (Å²) in [6, 6.07) is 47.8. The zero-order valence-corrected chi connectivity index (χ0v) is 23.0. The maximum Gasteiger partial charge on any atom is 0.0991 e. The van der Waals surface area contributed by atoms with Gasteiger partial charge in [-0.3, -0.25) is 0 Å². The highest BCUT2D eigenvalue weighted by Crippen LogP contribution is 2.43. The van der Waals surface area contributed by atoms with Crippen molar-refractivity contribution in [3.8, 4) is 39.4 Å².